The van der Waals surface area contributed by atoms with Crippen LogP contribution in [-0.4, -0.2) is 60.2 Å². The zero-order valence-electron chi connectivity index (χ0n) is 24.0. The van der Waals surface area contributed by atoms with Crippen molar-refractivity contribution in [3.05, 3.63) is 77.2 Å². The number of nitrogens with two attached hydrogens (primary N) is 2. The molecule has 0 saturated carbocycles. The fraction of sp³-hybridized carbons (Fsp3) is 0.267. The maximum Gasteiger partial charge on any atom is 0.251 e. The number of aryl methyl sites for hydroxylation is 4. The summed E-state index contributed by atoms with van der Waals surface area (Å²) in [6, 6.07) is 12.7. The molecule has 5 aromatic rings. The van der Waals surface area contributed by atoms with Gasteiger partial charge in [0.1, 0.15) is 12.0 Å². The summed E-state index contributed by atoms with van der Waals surface area (Å²) in [4.78, 5) is 41.3. The number of hydrogen-bond acceptors (Lipinski definition) is 11. The normalized spacial score (nSPS) is 11.8. The molecule has 0 aliphatic carbocycles. The van der Waals surface area contributed by atoms with Gasteiger partial charge in [0.15, 0.2) is 17.0 Å². The molecule has 0 aliphatic rings. The molecule has 13 heteroatoms. The second-order valence-corrected chi connectivity index (χ2v) is 10.2. The van der Waals surface area contributed by atoms with E-state index in [-0.39, 0.29) is 17.7 Å². The summed E-state index contributed by atoms with van der Waals surface area (Å²) in [5.41, 5.74) is 18.5. The minimum Gasteiger partial charge on any atom is -0.388 e. The number of carbonyl (C=O) groups excluding carboxylic acids is 2. The number of aldehydes is 1. The molecule has 13 nitrogen and oxygen atoms in total. The van der Waals surface area contributed by atoms with Gasteiger partial charge in [-0.2, -0.15) is 9.97 Å². The van der Waals surface area contributed by atoms with Gasteiger partial charge in [0.25, 0.3) is 5.91 Å². The molecule has 43 heavy (non-hydrogen) atoms. The number of nitrogen functional groups attached to an aromatic ring is 2. The number of fused-ring (bicyclic) bond motifs is 1. The van der Waals surface area contributed by atoms with Crippen molar-refractivity contribution in [1.82, 2.24) is 40.2 Å². The Morgan fingerprint density at radius 2 is 1.88 bits per heavy atom. The van der Waals surface area contributed by atoms with E-state index < -0.39 is 6.04 Å². The van der Waals surface area contributed by atoms with E-state index in [1.807, 2.05) is 44.4 Å². The van der Waals surface area contributed by atoms with E-state index >= 15 is 0 Å². The van der Waals surface area contributed by atoms with Gasteiger partial charge in [-0.05, 0) is 68.0 Å². The Morgan fingerprint density at radius 1 is 1.07 bits per heavy atom. The van der Waals surface area contributed by atoms with Gasteiger partial charge in [-0.15, -0.1) is 5.10 Å². The Hall–Kier alpha value is -5.46. The monoisotopic (exact) mass is 579 g/mol. The van der Waals surface area contributed by atoms with E-state index in [0.717, 1.165) is 40.1 Å². The molecule has 2 aromatic carbocycles. The van der Waals surface area contributed by atoms with Crippen LogP contribution in [0.2, 0.25) is 0 Å². The number of hydrogen-bond donors (Lipinski definition) is 4. The summed E-state index contributed by atoms with van der Waals surface area (Å²) in [6.07, 6.45) is 6.72. The lowest BCUT2D eigenvalue weighted by Crippen LogP contribution is -2.36. The average molecular weight is 580 g/mol. The van der Waals surface area contributed by atoms with Crippen LogP contribution in [0.15, 0.2) is 54.9 Å². The van der Waals surface area contributed by atoms with Gasteiger partial charge in [-0.3, -0.25) is 9.48 Å². The Balaban J connectivity index is 1.10. The zero-order chi connectivity index (χ0) is 30.3. The van der Waals surface area contributed by atoms with Crippen LogP contribution < -0.4 is 22.1 Å². The first-order valence-electron chi connectivity index (χ1n) is 13.9. The van der Waals surface area contributed by atoms with Crippen LogP contribution >= 0.6 is 0 Å². The van der Waals surface area contributed by atoms with Gasteiger partial charge in [-0.25, -0.2) is 9.97 Å². The van der Waals surface area contributed by atoms with E-state index in [4.69, 9.17) is 11.5 Å². The molecule has 0 fully saturated rings. The van der Waals surface area contributed by atoms with Gasteiger partial charge in [0.2, 0.25) is 5.95 Å². The summed E-state index contributed by atoms with van der Waals surface area (Å²) in [5.74, 6) is -0.0590. The van der Waals surface area contributed by atoms with Crippen LogP contribution in [0.4, 0.5) is 17.5 Å². The standard InChI is InChI=1S/C30H33N11O2/c1-18-14-21(33-2)11-12-24(18)25-16-41(40-39-25)13-3-4-23(17-42)36-29(43)20-8-5-19(6-9-20)7-10-22-15-34-28-26(35-22)27(31)37-30(32)38-28/h5-6,8-9,11-12,14-17,23,33H,3-4,7,10,13H2,1-2H3,(H,36,43)(H4,31,32,34,37,38). The molecule has 3 heterocycles. The molecule has 0 bridgehead atoms. The Labute approximate surface area is 248 Å². The smallest absolute Gasteiger partial charge is 0.251 e. The van der Waals surface area contributed by atoms with Crippen molar-refractivity contribution in [1.29, 1.82) is 0 Å². The SMILES string of the molecule is CNc1ccc(-c2cn(CCCC(C=O)NC(=O)c3ccc(CCc4cnc5nc(N)nc(N)c5n4)cc3)nn2)c(C)c1. The molecule has 0 aliphatic heterocycles. The maximum absolute atomic E-state index is 12.8. The van der Waals surface area contributed by atoms with Crippen molar-refractivity contribution < 1.29 is 9.59 Å². The molecule has 3 aromatic heterocycles. The first-order valence-corrected chi connectivity index (χ1v) is 13.9. The number of rotatable bonds is 12. The molecule has 1 amide bonds. The van der Waals surface area contributed by atoms with Crippen LogP contribution in [-0.2, 0) is 24.2 Å². The summed E-state index contributed by atoms with van der Waals surface area (Å²) >= 11 is 0. The van der Waals surface area contributed by atoms with Gasteiger partial charge >= 0.3 is 0 Å². The van der Waals surface area contributed by atoms with E-state index in [1.54, 1.807) is 23.0 Å². The summed E-state index contributed by atoms with van der Waals surface area (Å²) in [5, 5.41) is 14.5. The summed E-state index contributed by atoms with van der Waals surface area (Å²) in [6.45, 7) is 2.61. The van der Waals surface area contributed by atoms with Crippen molar-refractivity contribution in [2.75, 3.05) is 23.8 Å². The molecule has 220 valence electrons. The van der Waals surface area contributed by atoms with Crippen LogP contribution in [0.25, 0.3) is 22.4 Å². The molecule has 0 radical (unpaired) electrons. The Kier molecular flexibility index (Phi) is 8.79. The van der Waals surface area contributed by atoms with E-state index in [9.17, 15) is 9.59 Å². The Morgan fingerprint density at radius 3 is 2.63 bits per heavy atom. The molecular weight excluding hydrogens is 546 g/mol. The summed E-state index contributed by atoms with van der Waals surface area (Å²) in [7, 11) is 1.88. The molecule has 5 rings (SSSR count). The average Bonchev–Trinajstić information content (AvgIpc) is 3.48. The third-order valence-electron chi connectivity index (χ3n) is 7.10. The predicted octanol–water partition coefficient (Wildman–Crippen LogP) is 2.76. The maximum atomic E-state index is 12.8. The zero-order valence-corrected chi connectivity index (χ0v) is 24.0. The van der Waals surface area contributed by atoms with Crippen LogP contribution in [0.1, 0.15) is 40.0 Å². The van der Waals surface area contributed by atoms with Crippen molar-refractivity contribution in [3.8, 4) is 11.3 Å². The molecule has 6 N–H and O–H groups in total. The van der Waals surface area contributed by atoms with Crippen LogP contribution in [0.5, 0.6) is 0 Å². The van der Waals surface area contributed by atoms with Gasteiger partial charge in [0.05, 0.1) is 24.1 Å². The van der Waals surface area contributed by atoms with Crippen molar-refractivity contribution in [2.24, 2.45) is 0 Å². The third-order valence-corrected chi connectivity index (χ3v) is 7.10. The van der Waals surface area contributed by atoms with Gasteiger partial charge in [0, 0.05) is 30.4 Å². The highest BCUT2D eigenvalue weighted by atomic mass is 16.2. The number of amides is 1. The minimum absolute atomic E-state index is 0.0545. The molecular formula is C30H33N11O2. The lowest BCUT2D eigenvalue weighted by atomic mass is 10.1. The second kappa shape index (κ2) is 13.0. The highest BCUT2D eigenvalue weighted by Crippen LogP contribution is 2.24. The van der Waals surface area contributed by atoms with E-state index in [2.05, 4.69) is 46.9 Å². The molecule has 1 atom stereocenters. The lowest BCUT2D eigenvalue weighted by molar-refractivity contribution is -0.109. The highest BCUT2D eigenvalue weighted by Gasteiger charge is 2.14. The third kappa shape index (κ3) is 7.07. The number of nitrogens with one attached hydrogen (secondary N) is 2. The molecule has 0 saturated heterocycles. The Bertz CT molecular complexity index is 1750. The minimum atomic E-state index is -0.607. The van der Waals surface area contributed by atoms with Crippen LogP contribution in [0.3, 0.4) is 0 Å². The second-order valence-electron chi connectivity index (χ2n) is 10.2. The number of anilines is 3. The van der Waals surface area contributed by atoms with Gasteiger partial charge in [-0.1, -0.05) is 23.4 Å². The predicted molar refractivity (Wildman–Crippen MR) is 164 cm³/mol. The van der Waals surface area contributed by atoms with Crippen molar-refractivity contribution >= 4 is 40.8 Å². The number of carbonyl (C=O) groups is 2. The fourth-order valence-electron chi connectivity index (χ4n) is 4.74. The number of benzene rings is 2. The van der Waals surface area contributed by atoms with Crippen LogP contribution in [0, 0.1) is 6.92 Å². The number of aromatic nitrogens is 7. The highest BCUT2D eigenvalue weighted by molar-refractivity contribution is 5.95. The van der Waals surface area contributed by atoms with E-state index in [0.29, 0.717) is 49.0 Å². The lowest BCUT2D eigenvalue weighted by Gasteiger charge is -2.13. The van der Waals surface area contributed by atoms with Crippen molar-refractivity contribution in [2.45, 2.75) is 45.2 Å². The van der Waals surface area contributed by atoms with Gasteiger partial charge < -0.3 is 26.9 Å². The van der Waals surface area contributed by atoms with Crippen molar-refractivity contribution in [3.63, 3.8) is 0 Å². The quantitative estimate of drug-likeness (QED) is 0.159. The van der Waals surface area contributed by atoms with E-state index in [1.165, 1.54) is 0 Å². The first-order chi connectivity index (χ1) is 20.8. The number of nitrogens with zero attached hydrogens (tertiary/aromatic N) is 7. The summed E-state index contributed by atoms with van der Waals surface area (Å²) < 4.78 is 1.76. The molecule has 1 unspecified atom stereocenters. The molecule has 0 spiro atoms. The first kappa shape index (κ1) is 29.0. The largest absolute Gasteiger partial charge is 0.388 e. The topological polar surface area (TPSA) is 193 Å². The fourth-order valence-corrected chi connectivity index (χ4v) is 4.74.